The second-order valence-electron chi connectivity index (χ2n) is 19.1. The first-order valence-electron chi connectivity index (χ1n) is 22.4. The van der Waals surface area contributed by atoms with E-state index < -0.39 is 171 Å². The molecule has 3 aromatic rings. The van der Waals surface area contributed by atoms with Crippen molar-refractivity contribution in [3.05, 3.63) is 104 Å². The molecule has 0 spiro atoms. The number of benzene rings is 3. The number of aromatic hydroxyl groups is 3. The quantitative estimate of drug-likeness (QED) is 0.0841. The standard InChI is InChI=1S/C27H29NO11.C22H24N2O8/c1-10-22(31)13(28)6-17(38-10)39-15-8-27(36,16(30)9-29)7-12-19(15)26(35)21-20(24(12)33)23(32)11-4-3-5-14(37-2)18(11)25(21)34;1-21(31)8-5-4-6-11(25)12(8)16(26)13-9(21)7-10-15(24(2)3)17(27)14(20(23)30)19(29)22(10,32)18(13)28/h3-5,10,13,15,17,22,29,31,33,35-36H,6-9,28H2,1-2H3;4-6,9-10,15,25,27-28,31-32H,7H2,1-3H3,(H2,23,30)/t10-,13-,15-,17-,22-,27-;9-,10-,15-,21+,22-/m00/s1. The molecule has 5 aliphatic carbocycles. The lowest BCUT2D eigenvalue weighted by Gasteiger charge is -2.52. The monoisotopic (exact) mass is 987 g/mol. The van der Waals surface area contributed by atoms with Crippen LogP contribution in [0.15, 0.2) is 59.1 Å². The first kappa shape index (κ1) is 50.8. The average molecular weight is 988 g/mol. The molecule has 0 unspecified atom stereocenters. The van der Waals surface area contributed by atoms with Gasteiger partial charge >= 0.3 is 0 Å². The number of fused-ring (bicyclic) bond motifs is 6. The van der Waals surface area contributed by atoms with Crippen LogP contribution in [0.25, 0.3) is 0 Å². The number of carbonyl (C=O) groups is 6. The summed E-state index contributed by atoms with van der Waals surface area (Å²) in [5.41, 5.74) is 1.72. The summed E-state index contributed by atoms with van der Waals surface area (Å²) in [6.45, 7) is 1.96. The van der Waals surface area contributed by atoms with E-state index in [1.165, 1.54) is 69.4 Å². The van der Waals surface area contributed by atoms with Gasteiger partial charge in [-0.25, -0.2) is 0 Å². The fraction of sp³-hybridized carbons (Fsp3) is 0.429. The van der Waals surface area contributed by atoms with Crippen LogP contribution in [0, 0.1) is 11.8 Å². The smallest absolute Gasteiger partial charge is 0.255 e. The van der Waals surface area contributed by atoms with Crippen molar-refractivity contribution >= 4 is 34.8 Å². The molecule has 0 radical (unpaired) electrons. The van der Waals surface area contributed by atoms with E-state index in [-0.39, 0.29) is 52.0 Å². The molecule has 0 bridgehead atoms. The number of phenolic OH excluding ortho intramolecular Hbond substituents is 3. The van der Waals surface area contributed by atoms with E-state index in [2.05, 4.69) is 0 Å². The Balaban J connectivity index is 0.000000194. The highest BCUT2D eigenvalue weighted by molar-refractivity contribution is 6.31. The number of Topliss-reactive ketones (excluding diaryl/α,β-unsaturated/α-hetero) is 3. The molecule has 1 amide bonds. The molecule has 1 fully saturated rings. The molecule has 14 N–H and O–H groups in total. The summed E-state index contributed by atoms with van der Waals surface area (Å²) < 4.78 is 17.0. The molecule has 22 heteroatoms. The molecule has 71 heavy (non-hydrogen) atoms. The van der Waals surface area contributed by atoms with Gasteiger partial charge in [-0.05, 0) is 52.1 Å². The number of nitrogens with zero attached hydrogens (tertiary/aromatic N) is 1. The second kappa shape index (κ2) is 17.6. The zero-order valence-corrected chi connectivity index (χ0v) is 38.9. The summed E-state index contributed by atoms with van der Waals surface area (Å²) >= 11 is 0. The number of likely N-dealkylation sites (N-methyl/N-ethyl adjacent to an activating group) is 1. The molecule has 11 atom stereocenters. The summed E-state index contributed by atoms with van der Waals surface area (Å²) in [6.07, 6.45) is -5.32. The van der Waals surface area contributed by atoms with Gasteiger partial charge in [0.2, 0.25) is 11.6 Å². The van der Waals surface area contributed by atoms with Crippen molar-refractivity contribution in [2.45, 2.75) is 93.0 Å². The normalized spacial score (nSPS) is 31.9. The van der Waals surface area contributed by atoms with Crippen LogP contribution < -0.4 is 16.2 Å². The van der Waals surface area contributed by atoms with Crippen LogP contribution in [0.2, 0.25) is 0 Å². The van der Waals surface area contributed by atoms with E-state index in [0.29, 0.717) is 0 Å². The average Bonchev–Trinajstić information content (AvgIpc) is 3.30. The van der Waals surface area contributed by atoms with Crippen LogP contribution in [0.5, 0.6) is 23.0 Å². The van der Waals surface area contributed by atoms with Crippen molar-refractivity contribution in [1.29, 1.82) is 0 Å². The zero-order valence-electron chi connectivity index (χ0n) is 38.9. The number of ether oxygens (including phenoxy) is 3. The van der Waals surface area contributed by atoms with Gasteiger partial charge in [0.15, 0.2) is 29.2 Å². The van der Waals surface area contributed by atoms with Gasteiger partial charge in [0.25, 0.3) is 5.91 Å². The molecule has 3 aromatic carbocycles. The lowest BCUT2D eigenvalue weighted by atomic mass is 9.55. The van der Waals surface area contributed by atoms with Crippen LogP contribution in [0.1, 0.15) is 98.1 Å². The summed E-state index contributed by atoms with van der Waals surface area (Å²) in [4.78, 5) is 79.6. The van der Waals surface area contributed by atoms with Crippen LogP contribution >= 0.6 is 0 Å². The van der Waals surface area contributed by atoms with E-state index >= 15 is 0 Å². The first-order chi connectivity index (χ1) is 33.2. The third kappa shape index (κ3) is 7.43. The minimum Gasteiger partial charge on any atom is -0.510 e. The van der Waals surface area contributed by atoms with E-state index in [1.54, 1.807) is 6.92 Å². The van der Waals surface area contributed by atoms with Gasteiger partial charge in [-0.1, -0.05) is 24.3 Å². The van der Waals surface area contributed by atoms with E-state index in [0.717, 1.165) is 0 Å². The van der Waals surface area contributed by atoms with Gasteiger partial charge in [-0.3, -0.25) is 33.7 Å². The van der Waals surface area contributed by atoms with Crippen molar-refractivity contribution in [3.63, 3.8) is 0 Å². The van der Waals surface area contributed by atoms with Crippen LogP contribution in [-0.4, -0.2) is 160 Å². The Bertz CT molecular complexity index is 2910. The number of rotatable bonds is 7. The third-order valence-electron chi connectivity index (χ3n) is 14.8. The third-order valence-corrected chi connectivity index (χ3v) is 14.8. The van der Waals surface area contributed by atoms with Crippen molar-refractivity contribution in [3.8, 4) is 23.0 Å². The molecule has 0 aromatic heterocycles. The number of aliphatic hydroxyl groups excluding tert-OH is 4. The molecule has 0 saturated carbocycles. The zero-order chi connectivity index (χ0) is 52.3. The van der Waals surface area contributed by atoms with Crippen molar-refractivity contribution < 1.29 is 94.0 Å². The van der Waals surface area contributed by atoms with Crippen LogP contribution in [0.3, 0.4) is 0 Å². The van der Waals surface area contributed by atoms with Crippen molar-refractivity contribution in [2.24, 2.45) is 23.3 Å². The minimum atomic E-state index is -2.75. The summed E-state index contributed by atoms with van der Waals surface area (Å²) in [5, 5.41) is 109. The number of phenols is 3. The number of methoxy groups -OCH3 is 1. The highest BCUT2D eigenvalue weighted by Crippen LogP contribution is 2.57. The lowest BCUT2D eigenvalue weighted by Crippen LogP contribution is -2.65. The molecule has 1 aliphatic heterocycles. The maximum absolute atomic E-state index is 13.6. The number of amides is 1. The predicted octanol–water partition coefficient (Wildman–Crippen LogP) is -0.213. The Kier molecular flexibility index (Phi) is 12.6. The van der Waals surface area contributed by atoms with Gasteiger partial charge in [0.05, 0.1) is 59.3 Å². The first-order valence-corrected chi connectivity index (χ1v) is 22.4. The largest absolute Gasteiger partial charge is 0.510 e. The van der Waals surface area contributed by atoms with Crippen molar-refractivity contribution in [1.82, 2.24) is 4.90 Å². The number of hydrogen-bond acceptors (Lipinski definition) is 21. The number of aliphatic hydroxyl groups is 7. The molecule has 22 nitrogen and oxygen atoms in total. The summed E-state index contributed by atoms with van der Waals surface area (Å²) in [5.74, 6) is -11.7. The van der Waals surface area contributed by atoms with E-state index in [4.69, 9.17) is 25.7 Å². The lowest BCUT2D eigenvalue weighted by molar-refractivity contribution is -0.247. The number of nitrogens with two attached hydrogens (primary N) is 2. The van der Waals surface area contributed by atoms with Crippen LogP contribution in [-0.2, 0) is 35.9 Å². The Labute approximate surface area is 403 Å². The molecular weight excluding hydrogens is 935 g/mol. The maximum Gasteiger partial charge on any atom is 0.255 e. The van der Waals surface area contributed by atoms with Gasteiger partial charge in [-0.15, -0.1) is 0 Å². The molecule has 6 aliphatic rings. The Morgan fingerprint density at radius 1 is 0.887 bits per heavy atom. The van der Waals surface area contributed by atoms with E-state index in [1.807, 2.05) is 0 Å². The van der Waals surface area contributed by atoms with Crippen molar-refractivity contribution in [2.75, 3.05) is 27.8 Å². The van der Waals surface area contributed by atoms with Crippen LogP contribution in [0.4, 0.5) is 0 Å². The number of ketones is 5. The summed E-state index contributed by atoms with van der Waals surface area (Å²) in [6, 6.07) is 6.69. The Hall–Kier alpha value is -6.60. The Morgan fingerprint density at radius 2 is 1.54 bits per heavy atom. The molecule has 1 saturated heterocycles. The second-order valence-corrected chi connectivity index (χ2v) is 19.1. The number of carbonyl (C=O) groups excluding carboxylic acids is 6. The highest BCUT2D eigenvalue weighted by atomic mass is 16.7. The van der Waals surface area contributed by atoms with Gasteiger partial charge in [-0.2, -0.15) is 0 Å². The molecule has 9 rings (SSSR count). The predicted molar refractivity (Wildman–Crippen MR) is 241 cm³/mol. The van der Waals surface area contributed by atoms with Gasteiger partial charge in [0, 0.05) is 59.4 Å². The SMILES string of the molecule is CN(C)[C@@H]1C(O)=C(C(N)=O)C(=O)[C@@]2(O)C(O)=C3C(=O)c4c(O)cccc4[C@@](C)(O)[C@H]3C[C@@H]12.COc1cccc2c1C(=O)c1c(O)c3c(c(O)c1C2=O)C[C@@](O)(C(=O)CO)C[C@@H]3O[C@H]1C[C@H](N)[C@@H](O)[C@H](C)O1. The molecular formula is C49H53N3O19. The Morgan fingerprint density at radius 3 is 2.14 bits per heavy atom. The summed E-state index contributed by atoms with van der Waals surface area (Å²) in [7, 11) is 4.38. The molecule has 1 heterocycles. The number of primary amides is 1. The number of hydrogen-bond donors (Lipinski definition) is 12. The maximum atomic E-state index is 13.6. The van der Waals surface area contributed by atoms with Gasteiger partial charge in [0.1, 0.15) is 52.3 Å². The fourth-order valence-electron chi connectivity index (χ4n) is 11.3. The highest BCUT2D eigenvalue weighted by Gasteiger charge is 2.66. The topological polar surface area (TPSA) is 388 Å². The fourth-order valence-corrected chi connectivity index (χ4v) is 11.3. The minimum absolute atomic E-state index is 0.0173. The molecule has 378 valence electrons. The van der Waals surface area contributed by atoms with Gasteiger partial charge < -0.3 is 76.7 Å². The van der Waals surface area contributed by atoms with E-state index in [9.17, 15) is 79.8 Å².